The van der Waals surface area contributed by atoms with Gasteiger partial charge in [0.1, 0.15) is 6.04 Å². The van der Waals surface area contributed by atoms with Gasteiger partial charge in [-0.3, -0.25) is 29.0 Å². The third-order valence-corrected chi connectivity index (χ3v) is 5.85. The molecule has 1 saturated heterocycles. The zero-order valence-electron chi connectivity index (χ0n) is 16.6. The van der Waals surface area contributed by atoms with Crippen molar-refractivity contribution in [1.82, 2.24) is 14.7 Å². The average Bonchev–Trinajstić information content (AvgIpc) is 2.98. The maximum absolute atomic E-state index is 13.2. The van der Waals surface area contributed by atoms with Crippen LogP contribution in [0.2, 0.25) is 0 Å². The van der Waals surface area contributed by atoms with Gasteiger partial charge >= 0.3 is 0 Å². The summed E-state index contributed by atoms with van der Waals surface area (Å²) in [6.07, 6.45) is 0.307. The molecular weight excluding hydrogens is 370 g/mol. The Kier molecular flexibility index (Phi) is 4.92. The van der Waals surface area contributed by atoms with E-state index in [1.54, 1.807) is 6.07 Å². The highest BCUT2D eigenvalue weighted by Crippen LogP contribution is 2.33. The lowest BCUT2D eigenvalue weighted by Gasteiger charge is -2.35. The van der Waals surface area contributed by atoms with Crippen molar-refractivity contribution in [3.63, 3.8) is 0 Å². The zero-order chi connectivity index (χ0) is 20.7. The Labute approximate surface area is 168 Å². The van der Waals surface area contributed by atoms with Gasteiger partial charge in [0.15, 0.2) is 0 Å². The first-order valence-electron chi connectivity index (χ1n) is 9.86. The molecule has 0 aromatic heterocycles. The van der Waals surface area contributed by atoms with Crippen LogP contribution in [0.5, 0.6) is 0 Å². The quantitative estimate of drug-likeness (QED) is 0.725. The van der Waals surface area contributed by atoms with Crippen molar-refractivity contribution >= 4 is 34.4 Å². The lowest BCUT2D eigenvalue weighted by Crippen LogP contribution is -2.57. The molecule has 2 aromatic carbocycles. The molecule has 150 valence electrons. The Balaban J connectivity index is 1.65. The van der Waals surface area contributed by atoms with Crippen molar-refractivity contribution in [3.8, 4) is 0 Å². The van der Waals surface area contributed by atoms with Gasteiger partial charge in [0.05, 0.1) is 11.1 Å². The van der Waals surface area contributed by atoms with Crippen LogP contribution in [0.3, 0.4) is 0 Å². The van der Waals surface area contributed by atoms with E-state index in [2.05, 4.69) is 0 Å². The molecule has 0 aliphatic carbocycles. The molecule has 2 aliphatic rings. The van der Waals surface area contributed by atoms with E-state index in [1.807, 2.05) is 49.2 Å². The van der Waals surface area contributed by atoms with E-state index in [9.17, 15) is 19.2 Å². The SMILES string of the molecule is CCN(C)CCN1C(=O)CCC(N2C(=O)c3ccc4ccccc4c3C2=O)C1=O. The van der Waals surface area contributed by atoms with Gasteiger partial charge < -0.3 is 4.90 Å². The Morgan fingerprint density at radius 1 is 1.03 bits per heavy atom. The number of fused-ring (bicyclic) bond motifs is 3. The Morgan fingerprint density at radius 3 is 2.55 bits per heavy atom. The average molecular weight is 393 g/mol. The number of likely N-dealkylation sites (tertiary alicyclic amines) is 1. The highest BCUT2D eigenvalue weighted by Gasteiger charge is 2.47. The van der Waals surface area contributed by atoms with Gasteiger partial charge in [-0.1, -0.05) is 37.3 Å². The van der Waals surface area contributed by atoms with Gasteiger partial charge in [0.2, 0.25) is 5.91 Å². The Hall–Kier alpha value is -3.06. The summed E-state index contributed by atoms with van der Waals surface area (Å²) < 4.78 is 0. The molecule has 4 amide bonds. The van der Waals surface area contributed by atoms with E-state index in [4.69, 9.17) is 0 Å². The molecule has 0 N–H and O–H groups in total. The van der Waals surface area contributed by atoms with Crippen LogP contribution in [0.25, 0.3) is 10.8 Å². The number of imide groups is 2. The molecule has 2 aliphatic heterocycles. The number of nitrogens with zero attached hydrogens (tertiary/aromatic N) is 3. The van der Waals surface area contributed by atoms with Crippen LogP contribution in [0.1, 0.15) is 40.5 Å². The number of hydrogen-bond acceptors (Lipinski definition) is 5. The smallest absolute Gasteiger partial charge is 0.262 e. The predicted molar refractivity (Wildman–Crippen MR) is 107 cm³/mol. The monoisotopic (exact) mass is 393 g/mol. The molecule has 29 heavy (non-hydrogen) atoms. The highest BCUT2D eigenvalue weighted by atomic mass is 16.2. The number of likely N-dealkylation sites (N-methyl/N-ethyl adjacent to an activating group) is 1. The molecule has 0 spiro atoms. The van der Waals surface area contributed by atoms with Crippen molar-refractivity contribution < 1.29 is 19.2 Å². The molecule has 4 rings (SSSR count). The van der Waals surface area contributed by atoms with E-state index in [-0.39, 0.29) is 25.3 Å². The molecule has 0 saturated carbocycles. The first-order valence-corrected chi connectivity index (χ1v) is 9.86. The van der Waals surface area contributed by atoms with Gasteiger partial charge in [-0.05, 0) is 36.9 Å². The van der Waals surface area contributed by atoms with Crippen LogP contribution in [0, 0.1) is 0 Å². The van der Waals surface area contributed by atoms with Gasteiger partial charge in [-0.2, -0.15) is 0 Å². The summed E-state index contributed by atoms with van der Waals surface area (Å²) in [5.41, 5.74) is 0.658. The van der Waals surface area contributed by atoms with E-state index in [1.165, 1.54) is 4.90 Å². The standard InChI is InChI=1S/C22H23N3O4/c1-3-23(2)12-13-24-18(26)11-10-17(21(24)28)25-20(27)16-9-8-14-6-4-5-7-15(14)19(16)22(25)29/h4-9,17H,3,10-13H2,1-2H3. The summed E-state index contributed by atoms with van der Waals surface area (Å²) in [6.45, 7) is 3.59. The maximum atomic E-state index is 13.2. The number of amides is 4. The molecule has 2 aromatic rings. The first-order chi connectivity index (χ1) is 13.9. The number of hydrogen-bond donors (Lipinski definition) is 0. The number of piperidine rings is 1. The summed E-state index contributed by atoms with van der Waals surface area (Å²) in [5.74, 6) is -1.64. The molecule has 1 atom stereocenters. The molecule has 1 unspecified atom stereocenters. The van der Waals surface area contributed by atoms with E-state index < -0.39 is 23.8 Å². The van der Waals surface area contributed by atoms with E-state index in [0.717, 1.165) is 16.8 Å². The second-order valence-corrected chi connectivity index (χ2v) is 7.52. The van der Waals surface area contributed by atoms with Crippen LogP contribution in [-0.4, -0.2) is 71.1 Å². The fourth-order valence-corrected chi connectivity index (χ4v) is 4.03. The zero-order valence-corrected chi connectivity index (χ0v) is 16.6. The van der Waals surface area contributed by atoms with Crippen LogP contribution in [0.4, 0.5) is 0 Å². The van der Waals surface area contributed by atoms with Gasteiger partial charge in [-0.15, -0.1) is 0 Å². The van der Waals surface area contributed by atoms with Crippen LogP contribution >= 0.6 is 0 Å². The Morgan fingerprint density at radius 2 is 1.79 bits per heavy atom. The van der Waals surface area contributed by atoms with Gasteiger partial charge in [0, 0.05) is 19.5 Å². The molecule has 7 nitrogen and oxygen atoms in total. The normalized spacial score (nSPS) is 19.6. The summed E-state index contributed by atoms with van der Waals surface area (Å²) in [7, 11) is 1.91. The number of carbonyl (C=O) groups is 4. The van der Waals surface area contributed by atoms with Gasteiger partial charge in [-0.25, -0.2) is 0 Å². The summed E-state index contributed by atoms with van der Waals surface area (Å²) in [4.78, 5) is 55.9. The first kappa shape index (κ1) is 19.3. The fraction of sp³-hybridized carbons (Fsp3) is 0.364. The van der Waals surface area contributed by atoms with E-state index >= 15 is 0 Å². The molecule has 0 bridgehead atoms. The fourth-order valence-electron chi connectivity index (χ4n) is 4.03. The predicted octanol–water partition coefficient (Wildman–Crippen LogP) is 1.91. The number of rotatable bonds is 5. The molecular formula is C22H23N3O4. The minimum Gasteiger partial charge on any atom is -0.305 e. The molecule has 7 heteroatoms. The number of benzene rings is 2. The molecule has 1 fully saturated rings. The number of carbonyl (C=O) groups excluding carboxylic acids is 4. The maximum Gasteiger partial charge on any atom is 0.262 e. The minimum absolute atomic E-state index is 0.139. The van der Waals surface area contributed by atoms with Crippen molar-refractivity contribution in [2.45, 2.75) is 25.8 Å². The van der Waals surface area contributed by atoms with E-state index in [0.29, 0.717) is 23.1 Å². The van der Waals surface area contributed by atoms with Crippen molar-refractivity contribution in [2.24, 2.45) is 0 Å². The lowest BCUT2D eigenvalue weighted by atomic mass is 10.0. The molecule has 2 heterocycles. The summed E-state index contributed by atoms with van der Waals surface area (Å²) in [6, 6.07) is 9.89. The van der Waals surface area contributed by atoms with Crippen molar-refractivity contribution in [1.29, 1.82) is 0 Å². The summed E-state index contributed by atoms with van der Waals surface area (Å²) in [5, 5.41) is 1.57. The van der Waals surface area contributed by atoms with Crippen LogP contribution in [0.15, 0.2) is 36.4 Å². The Bertz CT molecular complexity index is 1030. The third kappa shape index (κ3) is 3.11. The van der Waals surface area contributed by atoms with Crippen LogP contribution < -0.4 is 0 Å². The van der Waals surface area contributed by atoms with Crippen LogP contribution in [-0.2, 0) is 9.59 Å². The second kappa shape index (κ2) is 7.40. The molecule has 0 radical (unpaired) electrons. The largest absolute Gasteiger partial charge is 0.305 e. The third-order valence-electron chi connectivity index (χ3n) is 5.85. The highest BCUT2D eigenvalue weighted by molar-refractivity contribution is 6.28. The topological polar surface area (TPSA) is 78.0 Å². The minimum atomic E-state index is -0.939. The van der Waals surface area contributed by atoms with Crippen molar-refractivity contribution in [2.75, 3.05) is 26.7 Å². The summed E-state index contributed by atoms with van der Waals surface area (Å²) >= 11 is 0. The van der Waals surface area contributed by atoms with Gasteiger partial charge in [0.25, 0.3) is 17.7 Å². The lowest BCUT2D eigenvalue weighted by molar-refractivity contribution is -0.151. The second-order valence-electron chi connectivity index (χ2n) is 7.52. The van der Waals surface area contributed by atoms with Crippen molar-refractivity contribution in [3.05, 3.63) is 47.5 Å².